The van der Waals surface area contributed by atoms with E-state index in [0.717, 1.165) is 12.1 Å². The quantitative estimate of drug-likeness (QED) is 0.294. The molecule has 0 amide bonds. The van der Waals surface area contributed by atoms with E-state index in [2.05, 4.69) is 45.5 Å². The molecule has 10 heteroatoms. The summed E-state index contributed by atoms with van der Waals surface area (Å²) in [5, 5.41) is 0. The van der Waals surface area contributed by atoms with Gasteiger partial charge in [-0.3, -0.25) is 34.0 Å². The van der Waals surface area contributed by atoms with E-state index in [-0.39, 0.29) is 37.5 Å². The predicted molar refractivity (Wildman–Crippen MR) is 179 cm³/mol. The SMILES string of the molecule is C=Cc1ccc(CN2CCN(CC(=O)OC(C)(C)C)CCN(CC(=O)OC(C)(C)C)CCN(CC(=O)OC(C)(C)C)CC2)cc1. The fourth-order valence-electron chi connectivity index (χ4n) is 4.90. The number of hydrogen-bond donors (Lipinski definition) is 0. The summed E-state index contributed by atoms with van der Waals surface area (Å²) in [4.78, 5) is 47.2. The highest BCUT2D eigenvalue weighted by Crippen LogP contribution is 2.13. The maximum atomic E-state index is 12.9. The van der Waals surface area contributed by atoms with Crippen LogP contribution < -0.4 is 0 Å². The molecule has 1 aromatic rings. The highest BCUT2D eigenvalue weighted by molar-refractivity contribution is 5.73. The van der Waals surface area contributed by atoms with Gasteiger partial charge in [-0.2, -0.15) is 0 Å². The number of rotatable bonds is 9. The lowest BCUT2D eigenvalue weighted by atomic mass is 10.1. The molecule has 1 aliphatic heterocycles. The van der Waals surface area contributed by atoms with Crippen LogP contribution in [0.25, 0.3) is 6.08 Å². The second-order valence-electron chi connectivity index (χ2n) is 14.8. The van der Waals surface area contributed by atoms with Gasteiger partial charge in [-0.15, -0.1) is 0 Å². The smallest absolute Gasteiger partial charge is 0.320 e. The zero-order valence-corrected chi connectivity index (χ0v) is 29.3. The molecule has 0 unspecified atom stereocenters. The molecule has 0 bridgehead atoms. The Morgan fingerprint density at radius 2 is 0.867 bits per heavy atom. The van der Waals surface area contributed by atoms with Crippen LogP contribution >= 0.6 is 0 Å². The molecule has 0 atom stereocenters. The van der Waals surface area contributed by atoms with Crippen molar-refractivity contribution in [3.8, 4) is 0 Å². The maximum Gasteiger partial charge on any atom is 0.320 e. The number of esters is 3. The average molecular weight is 631 g/mol. The summed E-state index contributed by atoms with van der Waals surface area (Å²) < 4.78 is 16.9. The normalized spacial score (nSPS) is 17.5. The van der Waals surface area contributed by atoms with E-state index < -0.39 is 16.8 Å². The van der Waals surface area contributed by atoms with Gasteiger partial charge in [0.05, 0.1) is 19.6 Å². The molecule has 10 nitrogen and oxygen atoms in total. The number of carbonyl (C=O) groups excluding carboxylic acids is 3. The van der Waals surface area contributed by atoms with Gasteiger partial charge in [0.2, 0.25) is 0 Å². The first kappa shape index (κ1) is 38.4. The summed E-state index contributed by atoms with van der Waals surface area (Å²) in [6.07, 6.45) is 1.83. The Hall–Kier alpha value is -2.79. The molecule has 1 aromatic carbocycles. The molecule has 1 saturated heterocycles. The molecule has 2 rings (SSSR count). The van der Waals surface area contributed by atoms with Crippen LogP contribution in [0.5, 0.6) is 0 Å². The minimum atomic E-state index is -0.593. The van der Waals surface area contributed by atoms with Gasteiger partial charge in [-0.25, -0.2) is 0 Å². The summed E-state index contributed by atoms with van der Waals surface area (Å²) in [5.41, 5.74) is 0.496. The van der Waals surface area contributed by atoms with Crippen LogP contribution in [0, 0.1) is 0 Å². The molecule has 0 spiro atoms. The molecule has 0 radical (unpaired) electrons. The Bertz CT molecular complexity index is 1060. The Balaban J connectivity index is 2.30. The third-order valence-electron chi connectivity index (χ3n) is 6.87. The molecule has 0 N–H and O–H groups in total. The van der Waals surface area contributed by atoms with Gasteiger partial charge in [0.15, 0.2) is 0 Å². The zero-order chi connectivity index (χ0) is 33.8. The van der Waals surface area contributed by atoms with Crippen molar-refractivity contribution in [1.82, 2.24) is 19.6 Å². The van der Waals surface area contributed by atoms with E-state index in [9.17, 15) is 14.4 Å². The van der Waals surface area contributed by atoms with E-state index in [1.54, 1.807) is 0 Å². The minimum absolute atomic E-state index is 0.116. The number of benzene rings is 1. The van der Waals surface area contributed by atoms with Crippen molar-refractivity contribution in [3.05, 3.63) is 42.0 Å². The Morgan fingerprint density at radius 1 is 0.578 bits per heavy atom. The molecule has 254 valence electrons. The number of hydrogen-bond acceptors (Lipinski definition) is 10. The fraction of sp³-hybridized carbons (Fsp3) is 0.686. The van der Waals surface area contributed by atoms with E-state index >= 15 is 0 Å². The van der Waals surface area contributed by atoms with Gasteiger partial charge in [0, 0.05) is 58.9 Å². The monoisotopic (exact) mass is 630 g/mol. The third-order valence-corrected chi connectivity index (χ3v) is 6.87. The molecule has 1 heterocycles. The van der Waals surface area contributed by atoms with Crippen molar-refractivity contribution in [2.75, 3.05) is 72.0 Å². The molecule has 45 heavy (non-hydrogen) atoms. The number of nitrogens with zero attached hydrogens (tertiary/aromatic N) is 4. The second-order valence-corrected chi connectivity index (χ2v) is 14.8. The minimum Gasteiger partial charge on any atom is -0.459 e. The first-order valence-electron chi connectivity index (χ1n) is 16.1. The van der Waals surface area contributed by atoms with E-state index in [4.69, 9.17) is 14.2 Å². The first-order valence-corrected chi connectivity index (χ1v) is 16.1. The summed E-state index contributed by atoms with van der Waals surface area (Å²) >= 11 is 0. The fourth-order valence-corrected chi connectivity index (χ4v) is 4.90. The van der Waals surface area contributed by atoms with Crippen molar-refractivity contribution < 1.29 is 28.6 Å². The van der Waals surface area contributed by atoms with Crippen molar-refractivity contribution in [2.24, 2.45) is 0 Å². The van der Waals surface area contributed by atoms with Crippen molar-refractivity contribution >= 4 is 24.0 Å². The van der Waals surface area contributed by atoms with Gasteiger partial charge in [0.1, 0.15) is 16.8 Å². The third kappa shape index (κ3) is 17.5. The van der Waals surface area contributed by atoms with Crippen LogP contribution in [-0.2, 0) is 35.1 Å². The van der Waals surface area contributed by atoms with E-state index in [1.807, 2.05) is 73.3 Å². The predicted octanol–water partition coefficient (Wildman–Crippen LogP) is 4.08. The summed E-state index contributed by atoms with van der Waals surface area (Å²) in [6, 6.07) is 8.33. The second kappa shape index (κ2) is 17.2. The standard InChI is InChI=1S/C35H58N4O6/c1-11-28-12-14-29(15-13-28)24-36-16-18-37(25-30(40)43-33(2,3)4)20-22-39(27-32(42)45-35(8,9)10)23-21-38(19-17-36)26-31(41)44-34(5,6)7/h11-15H,1,16-27H2,2-10H3. The van der Waals surface area contributed by atoms with Crippen LogP contribution in [0.2, 0.25) is 0 Å². The Labute approximate surface area is 271 Å². The van der Waals surface area contributed by atoms with Gasteiger partial charge in [0.25, 0.3) is 0 Å². The molecule has 1 aliphatic rings. The van der Waals surface area contributed by atoms with Crippen LogP contribution in [0.3, 0.4) is 0 Å². The summed E-state index contributed by atoms with van der Waals surface area (Å²) in [7, 11) is 0. The van der Waals surface area contributed by atoms with E-state index in [1.165, 1.54) is 5.56 Å². The topological polar surface area (TPSA) is 91.9 Å². The Morgan fingerprint density at radius 3 is 1.13 bits per heavy atom. The molecule has 0 aromatic heterocycles. The molecule has 0 saturated carbocycles. The molecular weight excluding hydrogens is 572 g/mol. The number of carbonyl (C=O) groups is 3. The van der Waals surface area contributed by atoms with Crippen LogP contribution in [0.4, 0.5) is 0 Å². The van der Waals surface area contributed by atoms with Gasteiger partial charge in [-0.05, 0) is 73.4 Å². The van der Waals surface area contributed by atoms with Crippen LogP contribution in [0.15, 0.2) is 30.8 Å². The molecular formula is C35H58N4O6. The van der Waals surface area contributed by atoms with E-state index in [0.29, 0.717) is 52.4 Å². The number of ether oxygens (including phenoxy) is 3. The van der Waals surface area contributed by atoms with Crippen LogP contribution in [-0.4, -0.2) is 126 Å². The Kier molecular flexibility index (Phi) is 14.7. The van der Waals surface area contributed by atoms with Crippen LogP contribution in [0.1, 0.15) is 73.4 Å². The molecule has 1 fully saturated rings. The highest BCUT2D eigenvalue weighted by Gasteiger charge is 2.25. The first-order chi connectivity index (χ1) is 20.8. The van der Waals surface area contributed by atoms with Gasteiger partial charge >= 0.3 is 17.9 Å². The zero-order valence-electron chi connectivity index (χ0n) is 29.3. The van der Waals surface area contributed by atoms with Crippen molar-refractivity contribution in [1.29, 1.82) is 0 Å². The van der Waals surface area contributed by atoms with Gasteiger partial charge in [-0.1, -0.05) is 36.9 Å². The highest BCUT2D eigenvalue weighted by atomic mass is 16.6. The average Bonchev–Trinajstić information content (AvgIpc) is 2.87. The lowest BCUT2D eigenvalue weighted by Crippen LogP contribution is -2.49. The summed E-state index contributed by atoms with van der Waals surface area (Å²) in [5.74, 6) is -0.854. The lowest BCUT2D eigenvalue weighted by molar-refractivity contribution is -0.158. The lowest BCUT2D eigenvalue weighted by Gasteiger charge is -2.34. The summed E-state index contributed by atoms with van der Waals surface area (Å²) in [6.45, 7) is 26.7. The van der Waals surface area contributed by atoms with Crippen molar-refractivity contribution in [3.63, 3.8) is 0 Å². The van der Waals surface area contributed by atoms with Gasteiger partial charge < -0.3 is 14.2 Å². The maximum absolute atomic E-state index is 12.9. The molecule has 0 aliphatic carbocycles. The van der Waals surface area contributed by atoms with Crippen molar-refractivity contribution in [2.45, 2.75) is 85.7 Å². The largest absolute Gasteiger partial charge is 0.459 e.